The van der Waals surface area contributed by atoms with Gasteiger partial charge in [0, 0.05) is 19.3 Å². The molecule has 63 heavy (non-hydrogen) atoms. The second-order valence-corrected chi connectivity index (χ2v) is 17.4. The van der Waals surface area contributed by atoms with E-state index in [9.17, 15) is 14.4 Å². The van der Waals surface area contributed by atoms with Crippen LogP contribution in [0.4, 0.5) is 0 Å². The minimum Gasteiger partial charge on any atom is -0.462 e. The van der Waals surface area contributed by atoms with E-state index < -0.39 is 6.10 Å². The summed E-state index contributed by atoms with van der Waals surface area (Å²) in [5.74, 6) is -0.946. The lowest BCUT2D eigenvalue weighted by Gasteiger charge is -2.18. The van der Waals surface area contributed by atoms with E-state index in [1.54, 1.807) is 0 Å². The Morgan fingerprint density at radius 2 is 0.619 bits per heavy atom. The fourth-order valence-electron chi connectivity index (χ4n) is 7.23. The van der Waals surface area contributed by atoms with Crippen molar-refractivity contribution in [3.63, 3.8) is 0 Å². The number of carbonyl (C=O) groups excluding carboxylic acids is 3. The second kappa shape index (κ2) is 51.5. The highest BCUT2D eigenvalue weighted by molar-refractivity contribution is 5.71. The Morgan fingerprint density at radius 1 is 0.333 bits per heavy atom. The summed E-state index contributed by atoms with van der Waals surface area (Å²) in [4.78, 5) is 38.0. The number of allylic oxidation sites excluding steroid dienone is 12. The number of esters is 3. The fraction of sp³-hybridized carbons (Fsp3) is 0.737. The van der Waals surface area contributed by atoms with Crippen molar-refractivity contribution < 1.29 is 28.6 Å². The number of hydrogen-bond donors (Lipinski definition) is 0. The third-order valence-electron chi connectivity index (χ3n) is 11.2. The van der Waals surface area contributed by atoms with Gasteiger partial charge in [0.15, 0.2) is 6.10 Å². The molecule has 0 aromatic rings. The molecule has 0 aliphatic carbocycles. The Balaban J connectivity index is 4.46. The zero-order chi connectivity index (χ0) is 45.8. The smallest absolute Gasteiger partial charge is 0.306 e. The lowest BCUT2D eigenvalue weighted by molar-refractivity contribution is -0.167. The van der Waals surface area contributed by atoms with Crippen LogP contribution in [-0.2, 0) is 28.6 Å². The highest BCUT2D eigenvalue weighted by Gasteiger charge is 2.19. The summed E-state index contributed by atoms with van der Waals surface area (Å²) >= 11 is 0. The molecule has 0 spiro atoms. The maximum absolute atomic E-state index is 12.8. The summed E-state index contributed by atoms with van der Waals surface area (Å²) in [5.41, 5.74) is 0. The topological polar surface area (TPSA) is 78.9 Å². The van der Waals surface area contributed by atoms with E-state index in [1.165, 1.54) is 103 Å². The van der Waals surface area contributed by atoms with Gasteiger partial charge in [-0.1, -0.05) is 216 Å². The minimum atomic E-state index is -0.797. The SMILES string of the molecule is CC/C=C\C/C=C\C/C=C\C/C=C\CCCCC(=O)OCC(COC(=O)CCCCCCCCCCCCCCCCC)OC(=O)CCCCCCC/C=C\C/C=C\CCCCC. The summed E-state index contributed by atoms with van der Waals surface area (Å²) in [5, 5.41) is 0. The van der Waals surface area contributed by atoms with E-state index in [2.05, 4.69) is 93.7 Å². The summed E-state index contributed by atoms with van der Waals surface area (Å²) in [6.45, 7) is 6.46. The highest BCUT2D eigenvalue weighted by atomic mass is 16.6. The molecule has 0 saturated heterocycles. The van der Waals surface area contributed by atoms with Crippen LogP contribution in [0.25, 0.3) is 0 Å². The van der Waals surface area contributed by atoms with Crippen molar-refractivity contribution in [2.24, 2.45) is 0 Å². The third kappa shape index (κ3) is 49.7. The predicted molar refractivity (Wildman–Crippen MR) is 270 cm³/mol. The van der Waals surface area contributed by atoms with Gasteiger partial charge in [0.05, 0.1) is 0 Å². The first-order valence-corrected chi connectivity index (χ1v) is 26.4. The average Bonchev–Trinajstić information content (AvgIpc) is 3.28. The van der Waals surface area contributed by atoms with Crippen LogP contribution < -0.4 is 0 Å². The van der Waals surface area contributed by atoms with Crippen molar-refractivity contribution in [2.75, 3.05) is 13.2 Å². The number of carbonyl (C=O) groups is 3. The molecule has 0 aromatic carbocycles. The molecule has 0 aliphatic rings. The molecule has 362 valence electrons. The molecule has 0 aromatic heterocycles. The zero-order valence-electron chi connectivity index (χ0n) is 41.3. The molecular weight excluding hydrogens is 781 g/mol. The molecule has 0 bridgehead atoms. The molecule has 0 fully saturated rings. The lowest BCUT2D eigenvalue weighted by Crippen LogP contribution is -2.30. The van der Waals surface area contributed by atoms with Gasteiger partial charge in [-0.05, 0) is 89.9 Å². The van der Waals surface area contributed by atoms with Gasteiger partial charge in [-0.25, -0.2) is 0 Å². The molecule has 0 aliphatic heterocycles. The van der Waals surface area contributed by atoms with Crippen LogP contribution in [0, 0.1) is 0 Å². The van der Waals surface area contributed by atoms with Gasteiger partial charge < -0.3 is 14.2 Å². The van der Waals surface area contributed by atoms with Crippen LogP contribution in [0.15, 0.2) is 72.9 Å². The maximum Gasteiger partial charge on any atom is 0.306 e. The van der Waals surface area contributed by atoms with Crippen molar-refractivity contribution >= 4 is 17.9 Å². The largest absolute Gasteiger partial charge is 0.462 e. The molecule has 0 saturated carbocycles. The summed E-state index contributed by atoms with van der Waals surface area (Å²) in [7, 11) is 0. The molecule has 0 heterocycles. The standard InChI is InChI=1S/C57H98O6/c1-4-7-10-13-16-19-22-25-28-31-34-37-40-43-46-49-55(58)61-52-54(63-57(60)51-48-45-42-39-36-33-30-27-24-21-18-15-12-9-6-3)53-62-56(59)50-47-44-41-38-35-32-29-26-23-20-17-14-11-8-5-2/h7,10,16,18-19,21,25,27-28,30,34,37,54H,4-6,8-9,11-15,17,20,22-24,26,29,31-33,35-36,38-53H2,1-3H3/b10-7-,19-16-,21-18-,28-25-,30-27-,37-34-. The van der Waals surface area contributed by atoms with Crippen LogP contribution >= 0.6 is 0 Å². The molecule has 0 radical (unpaired) electrons. The van der Waals surface area contributed by atoms with Crippen LogP contribution in [0.2, 0.25) is 0 Å². The Bertz CT molecular complexity index is 1190. The van der Waals surface area contributed by atoms with Crippen molar-refractivity contribution in [1.29, 1.82) is 0 Å². The maximum atomic E-state index is 12.8. The van der Waals surface area contributed by atoms with Crippen molar-refractivity contribution in [1.82, 2.24) is 0 Å². The number of ether oxygens (including phenoxy) is 3. The van der Waals surface area contributed by atoms with E-state index in [1.807, 2.05) is 0 Å². The quantitative estimate of drug-likeness (QED) is 0.0262. The second-order valence-electron chi connectivity index (χ2n) is 17.4. The first-order valence-electron chi connectivity index (χ1n) is 26.4. The van der Waals surface area contributed by atoms with E-state index >= 15 is 0 Å². The molecule has 1 unspecified atom stereocenters. The first kappa shape index (κ1) is 59.9. The Morgan fingerprint density at radius 3 is 1.03 bits per heavy atom. The first-order chi connectivity index (χ1) is 31.0. The van der Waals surface area contributed by atoms with Crippen molar-refractivity contribution in [2.45, 2.75) is 258 Å². The minimum absolute atomic E-state index is 0.0927. The van der Waals surface area contributed by atoms with Gasteiger partial charge in [0.25, 0.3) is 0 Å². The van der Waals surface area contributed by atoms with Gasteiger partial charge in [-0.2, -0.15) is 0 Å². The summed E-state index contributed by atoms with van der Waals surface area (Å²) < 4.78 is 16.8. The van der Waals surface area contributed by atoms with E-state index in [0.717, 1.165) is 109 Å². The third-order valence-corrected chi connectivity index (χ3v) is 11.2. The Hall–Kier alpha value is -3.15. The van der Waals surface area contributed by atoms with Gasteiger partial charge in [-0.15, -0.1) is 0 Å². The van der Waals surface area contributed by atoms with Crippen molar-refractivity contribution in [3.8, 4) is 0 Å². The van der Waals surface area contributed by atoms with Crippen LogP contribution in [0.1, 0.15) is 252 Å². The molecule has 0 amide bonds. The van der Waals surface area contributed by atoms with Crippen LogP contribution in [-0.4, -0.2) is 37.2 Å². The van der Waals surface area contributed by atoms with E-state index in [4.69, 9.17) is 14.2 Å². The summed E-state index contributed by atoms with van der Waals surface area (Å²) in [6.07, 6.45) is 64.5. The van der Waals surface area contributed by atoms with Crippen molar-refractivity contribution in [3.05, 3.63) is 72.9 Å². The predicted octanol–water partition coefficient (Wildman–Crippen LogP) is 17.4. The Labute approximate surface area is 389 Å². The molecule has 6 heteroatoms. The number of hydrogen-bond acceptors (Lipinski definition) is 6. The monoisotopic (exact) mass is 879 g/mol. The average molecular weight is 879 g/mol. The zero-order valence-corrected chi connectivity index (χ0v) is 41.3. The normalized spacial score (nSPS) is 12.6. The molecule has 1 atom stereocenters. The lowest BCUT2D eigenvalue weighted by atomic mass is 10.0. The van der Waals surface area contributed by atoms with E-state index in [0.29, 0.717) is 19.3 Å². The van der Waals surface area contributed by atoms with Gasteiger partial charge in [0.2, 0.25) is 0 Å². The Kier molecular flexibility index (Phi) is 48.9. The van der Waals surface area contributed by atoms with Gasteiger partial charge >= 0.3 is 17.9 Å². The fourth-order valence-corrected chi connectivity index (χ4v) is 7.23. The number of rotatable bonds is 47. The highest BCUT2D eigenvalue weighted by Crippen LogP contribution is 2.15. The van der Waals surface area contributed by atoms with E-state index in [-0.39, 0.29) is 31.1 Å². The molecule has 6 nitrogen and oxygen atoms in total. The molecule has 0 rings (SSSR count). The van der Waals surface area contributed by atoms with Gasteiger partial charge in [0.1, 0.15) is 13.2 Å². The van der Waals surface area contributed by atoms with Crippen LogP contribution in [0.5, 0.6) is 0 Å². The van der Waals surface area contributed by atoms with Crippen LogP contribution in [0.3, 0.4) is 0 Å². The van der Waals surface area contributed by atoms with Gasteiger partial charge in [-0.3, -0.25) is 14.4 Å². The number of unbranched alkanes of at least 4 members (excludes halogenated alkanes) is 24. The molecule has 0 N–H and O–H groups in total. The molecular formula is C57H98O6. The summed E-state index contributed by atoms with van der Waals surface area (Å²) in [6, 6.07) is 0.